The van der Waals surface area contributed by atoms with Crippen LogP contribution in [0.3, 0.4) is 0 Å². The first-order valence-corrected chi connectivity index (χ1v) is 14.9. The lowest BCUT2D eigenvalue weighted by molar-refractivity contribution is 0.175. The Hall–Kier alpha value is -0.933. The zero-order valence-electron chi connectivity index (χ0n) is 20.2. The highest BCUT2D eigenvalue weighted by molar-refractivity contribution is 6.74. The SMILES string of the molecule is CCCCCCCCCC[C@@H](CC=NCc1ccccc1)O[Si](C)(C)C(C)(C)C. The third kappa shape index (κ3) is 11.7. The maximum Gasteiger partial charge on any atom is 0.192 e. The summed E-state index contributed by atoms with van der Waals surface area (Å²) in [5.74, 6) is 0. The largest absolute Gasteiger partial charge is 0.414 e. The van der Waals surface area contributed by atoms with Crippen LogP contribution in [0.25, 0.3) is 0 Å². The number of hydrogen-bond acceptors (Lipinski definition) is 2. The molecule has 0 aromatic heterocycles. The van der Waals surface area contributed by atoms with Gasteiger partial charge in [0.15, 0.2) is 8.32 Å². The predicted molar refractivity (Wildman–Crippen MR) is 133 cm³/mol. The molecule has 0 heterocycles. The summed E-state index contributed by atoms with van der Waals surface area (Å²) in [7, 11) is -1.74. The van der Waals surface area contributed by atoms with Crippen molar-refractivity contribution < 1.29 is 4.43 Å². The summed E-state index contributed by atoms with van der Waals surface area (Å²) >= 11 is 0. The van der Waals surface area contributed by atoms with Crippen LogP contribution in [0.2, 0.25) is 18.1 Å². The first-order chi connectivity index (χ1) is 13.8. The summed E-state index contributed by atoms with van der Waals surface area (Å²) in [5.41, 5.74) is 1.27. The number of benzene rings is 1. The Kier molecular flexibility index (Phi) is 12.7. The quantitative estimate of drug-likeness (QED) is 0.159. The molecule has 166 valence electrons. The summed E-state index contributed by atoms with van der Waals surface area (Å²) in [6.07, 6.45) is 15.5. The van der Waals surface area contributed by atoms with Crippen molar-refractivity contribution in [2.45, 2.75) is 123 Å². The molecule has 0 spiro atoms. The van der Waals surface area contributed by atoms with E-state index in [1.54, 1.807) is 0 Å². The summed E-state index contributed by atoms with van der Waals surface area (Å²) in [4.78, 5) is 4.67. The van der Waals surface area contributed by atoms with Crippen LogP contribution in [-0.4, -0.2) is 20.6 Å². The molecule has 29 heavy (non-hydrogen) atoms. The summed E-state index contributed by atoms with van der Waals surface area (Å²) in [5, 5.41) is 0.256. The zero-order chi connectivity index (χ0) is 21.6. The zero-order valence-corrected chi connectivity index (χ0v) is 21.2. The third-order valence-electron chi connectivity index (χ3n) is 6.26. The molecule has 0 fully saturated rings. The standard InChI is InChI=1S/C26H47NOSi/c1-7-8-9-10-11-12-13-17-20-25(28-29(5,6)26(2,3)4)21-22-27-23-24-18-15-14-16-19-24/h14-16,18-19,22,25H,7-13,17,20-21,23H2,1-6H3/t25-/m0/s1. The van der Waals surface area contributed by atoms with Crippen molar-refractivity contribution in [3.05, 3.63) is 35.9 Å². The summed E-state index contributed by atoms with van der Waals surface area (Å²) in [6.45, 7) is 14.8. The second-order valence-corrected chi connectivity index (χ2v) is 14.8. The van der Waals surface area contributed by atoms with Gasteiger partial charge in [0.05, 0.1) is 6.54 Å². The molecule has 0 aliphatic carbocycles. The van der Waals surface area contributed by atoms with Gasteiger partial charge < -0.3 is 4.43 Å². The first kappa shape index (κ1) is 26.1. The minimum atomic E-state index is -1.74. The molecule has 0 saturated heterocycles. The van der Waals surface area contributed by atoms with Crippen molar-refractivity contribution >= 4 is 14.5 Å². The molecule has 0 unspecified atom stereocenters. The van der Waals surface area contributed by atoms with E-state index in [2.05, 4.69) is 82.3 Å². The Morgan fingerprint density at radius 2 is 1.52 bits per heavy atom. The Morgan fingerprint density at radius 3 is 2.10 bits per heavy atom. The van der Waals surface area contributed by atoms with E-state index in [0.717, 1.165) is 13.0 Å². The molecule has 0 radical (unpaired) electrons. The number of unbranched alkanes of at least 4 members (excludes halogenated alkanes) is 7. The van der Waals surface area contributed by atoms with Gasteiger partial charge >= 0.3 is 0 Å². The molecular weight excluding hydrogens is 370 g/mol. The number of nitrogens with zero attached hydrogens (tertiary/aromatic N) is 1. The second kappa shape index (κ2) is 14.1. The van der Waals surface area contributed by atoms with Gasteiger partial charge in [-0.1, -0.05) is 109 Å². The third-order valence-corrected chi connectivity index (χ3v) is 10.8. The molecule has 0 saturated carbocycles. The van der Waals surface area contributed by atoms with E-state index < -0.39 is 8.32 Å². The molecule has 2 nitrogen and oxygen atoms in total. The Labute approximate surface area is 182 Å². The van der Waals surface area contributed by atoms with Gasteiger partial charge in [-0.3, -0.25) is 4.99 Å². The fraction of sp³-hybridized carbons (Fsp3) is 0.731. The van der Waals surface area contributed by atoms with E-state index in [9.17, 15) is 0 Å². The van der Waals surface area contributed by atoms with Gasteiger partial charge in [-0.25, -0.2) is 0 Å². The minimum absolute atomic E-state index is 0.256. The molecule has 0 aliphatic heterocycles. The topological polar surface area (TPSA) is 21.6 Å². The van der Waals surface area contributed by atoms with E-state index in [1.165, 1.54) is 63.4 Å². The Bertz CT molecular complexity index is 548. The van der Waals surface area contributed by atoms with Crippen molar-refractivity contribution in [2.24, 2.45) is 4.99 Å². The van der Waals surface area contributed by atoms with E-state index in [0.29, 0.717) is 6.10 Å². The first-order valence-electron chi connectivity index (χ1n) is 12.0. The van der Waals surface area contributed by atoms with Crippen LogP contribution in [0.1, 0.15) is 97.5 Å². The highest BCUT2D eigenvalue weighted by atomic mass is 28.4. The average molecular weight is 418 g/mol. The molecule has 1 aromatic carbocycles. The second-order valence-electron chi connectivity index (χ2n) is 10.0. The normalized spacial score (nSPS) is 13.9. The lowest BCUT2D eigenvalue weighted by Gasteiger charge is -2.39. The fourth-order valence-corrected chi connectivity index (χ4v) is 4.67. The molecule has 0 N–H and O–H groups in total. The molecule has 3 heteroatoms. The molecule has 1 atom stereocenters. The highest BCUT2D eigenvalue weighted by Crippen LogP contribution is 2.38. The van der Waals surface area contributed by atoms with E-state index >= 15 is 0 Å². The Morgan fingerprint density at radius 1 is 0.931 bits per heavy atom. The lowest BCUT2D eigenvalue weighted by atomic mass is 10.0. The number of rotatable bonds is 15. The highest BCUT2D eigenvalue weighted by Gasteiger charge is 2.38. The molecule has 0 amide bonds. The summed E-state index contributed by atoms with van der Waals surface area (Å²) < 4.78 is 6.76. The maximum absolute atomic E-state index is 6.76. The van der Waals surface area contributed by atoms with Crippen molar-refractivity contribution in [3.63, 3.8) is 0 Å². The van der Waals surface area contributed by atoms with Crippen LogP contribution < -0.4 is 0 Å². The molecule has 1 rings (SSSR count). The van der Waals surface area contributed by atoms with E-state index in [1.807, 2.05) is 0 Å². The van der Waals surface area contributed by atoms with Crippen LogP contribution in [0, 0.1) is 0 Å². The van der Waals surface area contributed by atoms with Crippen LogP contribution in [0.15, 0.2) is 35.3 Å². The maximum atomic E-state index is 6.76. The number of aliphatic imine (C=N–C) groups is 1. The van der Waals surface area contributed by atoms with E-state index in [4.69, 9.17) is 4.43 Å². The van der Waals surface area contributed by atoms with Gasteiger partial charge in [0.1, 0.15) is 0 Å². The van der Waals surface area contributed by atoms with Crippen molar-refractivity contribution in [3.8, 4) is 0 Å². The van der Waals surface area contributed by atoms with Gasteiger partial charge in [0.25, 0.3) is 0 Å². The van der Waals surface area contributed by atoms with Gasteiger partial charge in [-0.05, 0) is 30.1 Å². The van der Waals surface area contributed by atoms with Gasteiger partial charge in [0.2, 0.25) is 0 Å². The van der Waals surface area contributed by atoms with Crippen LogP contribution in [0.5, 0.6) is 0 Å². The average Bonchev–Trinajstić information content (AvgIpc) is 2.66. The fourth-order valence-electron chi connectivity index (χ4n) is 3.27. The van der Waals surface area contributed by atoms with Crippen molar-refractivity contribution in [2.75, 3.05) is 0 Å². The van der Waals surface area contributed by atoms with Gasteiger partial charge in [-0.2, -0.15) is 0 Å². The van der Waals surface area contributed by atoms with Gasteiger partial charge in [-0.15, -0.1) is 0 Å². The van der Waals surface area contributed by atoms with Gasteiger partial charge in [0, 0.05) is 18.7 Å². The molecule has 0 bridgehead atoms. The van der Waals surface area contributed by atoms with Crippen LogP contribution in [0.4, 0.5) is 0 Å². The minimum Gasteiger partial charge on any atom is -0.414 e. The lowest BCUT2D eigenvalue weighted by Crippen LogP contribution is -2.44. The van der Waals surface area contributed by atoms with Crippen LogP contribution in [-0.2, 0) is 11.0 Å². The van der Waals surface area contributed by atoms with E-state index in [-0.39, 0.29) is 5.04 Å². The number of hydrogen-bond donors (Lipinski definition) is 0. The van der Waals surface area contributed by atoms with Crippen molar-refractivity contribution in [1.82, 2.24) is 0 Å². The smallest absolute Gasteiger partial charge is 0.192 e. The monoisotopic (exact) mass is 417 g/mol. The molecule has 1 aromatic rings. The van der Waals surface area contributed by atoms with Crippen LogP contribution >= 0.6 is 0 Å². The summed E-state index contributed by atoms with van der Waals surface area (Å²) in [6, 6.07) is 10.5. The predicted octanol–water partition coefficient (Wildman–Crippen LogP) is 8.57. The Balaban J connectivity index is 2.46. The molecule has 0 aliphatic rings. The molecular formula is C26H47NOSi. The van der Waals surface area contributed by atoms with Crippen molar-refractivity contribution in [1.29, 1.82) is 0 Å².